The van der Waals surface area contributed by atoms with Crippen molar-refractivity contribution in [2.75, 3.05) is 0 Å². The summed E-state index contributed by atoms with van der Waals surface area (Å²) in [6.45, 7) is 0. The van der Waals surface area contributed by atoms with Gasteiger partial charge in [-0.25, -0.2) is 0 Å². The van der Waals surface area contributed by atoms with Gasteiger partial charge < -0.3 is 4.74 Å². The standard InChI is InChI=1S/C26H20O2/c27-20-13-3-2-12-19-23(20)25-14-4-1-5-15-26(19,25)28-24-18-11-7-9-16-8-6-10-17(21(16)18)22(24)25/h1-13,15,19,22-24H,14H2/t19?,22-,23?,24+,25-,26+/m0/s1. The molecule has 0 spiro atoms. The maximum atomic E-state index is 13.3. The van der Waals surface area contributed by atoms with Crippen LogP contribution in [0.3, 0.4) is 0 Å². The van der Waals surface area contributed by atoms with Gasteiger partial charge in [0, 0.05) is 23.2 Å². The summed E-state index contributed by atoms with van der Waals surface area (Å²) in [5.41, 5.74) is 2.03. The average Bonchev–Trinajstić information content (AvgIpc) is 2.96. The highest BCUT2D eigenvalue weighted by atomic mass is 16.5. The molecular weight excluding hydrogens is 344 g/mol. The lowest BCUT2D eigenvalue weighted by molar-refractivity contribution is -0.197. The van der Waals surface area contributed by atoms with Gasteiger partial charge in [-0.1, -0.05) is 78.9 Å². The Balaban J connectivity index is 1.55. The smallest absolute Gasteiger partial charge is 0.160 e. The predicted octanol–water partition coefficient (Wildman–Crippen LogP) is 5.19. The number of carbonyl (C=O) groups excluding carboxylic acids is 1. The second kappa shape index (κ2) is 4.82. The van der Waals surface area contributed by atoms with E-state index in [9.17, 15) is 4.79 Å². The van der Waals surface area contributed by atoms with E-state index >= 15 is 0 Å². The molecule has 1 saturated heterocycles. The van der Waals surface area contributed by atoms with Gasteiger partial charge >= 0.3 is 0 Å². The molecule has 0 N–H and O–H groups in total. The van der Waals surface area contributed by atoms with Crippen molar-refractivity contribution >= 4 is 16.6 Å². The molecule has 2 aromatic rings. The quantitative estimate of drug-likeness (QED) is 0.643. The van der Waals surface area contributed by atoms with Crippen LogP contribution in [0.1, 0.15) is 29.6 Å². The van der Waals surface area contributed by atoms with Crippen LogP contribution in [0, 0.1) is 17.3 Å². The molecule has 6 atom stereocenters. The second-order valence-electron chi connectivity index (χ2n) is 8.78. The molecule has 0 amide bonds. The highest BCUT2D eigenvalue weighted by molar-refractivity contribution is 5.97. The lowest BCUT2D eigenvalue weighted by Gasteiger charge is -2.64. The van der Waals surface area contributed by atoms with Crippen molar-refractivity contribution in [2.45, 2.75) is 24.0 Å². The lowest BCUT2D eigenvalue weighted by atomic mass is 9.39. The van der Waals surface area contributed by atoms with Crippen molar-refractivity contribution in [3.05, 3.63) is 96.1 Å². The van der Waals surface area contributed by atoms with Gasteiger partial charge in [-0.2, -0.15) is 0 Å². The van der Waals surface area contributed by atoms with Crippen molar-refractivity contribution in [2.24, 2.45) is 17.3 Å². The number of benzene rings is 2. The van der Waals surface area contributed by atoms with E-state index in [1.807, 2.05) is 12.2 Å². The molecule has 2 fully saturated rings. The van der Waals surface area contributed by atoms with E-state index in [2.05, 4.69) is 66.8 Å². The van der Waals surface area contributed by atoms with Crippen LogP contribution >= 0.6 is 0 Å². The van der Waals surface area contributed by atoms with Crippen molar-refractivity contribution in [1.82, 2.24) is 0 Å². The zero-order chi connectivity index (χ0) is 18.5. The molecule has 2 heteroatoms. The van der Waals surface area contributed by atoms with Gasteiger partial charge in [0.05, 0.1) is 6.10 Å². The Bertz CT molecular complexity index is 1180. The van der Waals surface area contributed by atoms with Crippen LogP contribution in [0.2, 0.25) is 0 Å². The highest BCUT2D eigenvalue weighted by Crippen LogP contribution is 2.79. The Hall–Kier alpha value is -2.71. The van der Waals surface area contributed by atoms with Gasteiger partial charge in [0.1, 0.15) is 5.60 Å². The van der Waals surface area contributed by atoms with Crippen LogP contribution in [-0.4, -0.2) is 11.4 Å². The number of allylic oxidation sites excluding steroid dienone is 6. The number of fused-ring (bicyclic) bond motifs is 4. The first-order valence-electron chi connectivity index (χ1n) is 10.2. The van der Waals surface area contributed by atoms with Crippen molar-refractivity contribution in [3.8, 4) is 0 Å². The zero-order valence-electron chi connectivity index (χ0n) is 15.4. The fourth-order valence-corrected chi connectivity index (χ4v) is 7.16. The third-order valence-corrected chi connectivity index (χ3v) is 7.97. The van der Waals surface area contributed by atoms with E-state index in [0.717, 1.165) is 6.42 Å². The summed E-state index contributed by atoms with van der Waals surface area (Å²) in [4.78, 5) is 13.3. The van der Waals surface area contributed by atoms with Crippen molar-refractivity contribution in [1.29, 1.82) is 0 Å². The van der Waals surface area contributed by atoms with Crippen LogP contribution in [-0.2, 0) is 9.53 Å². The minimum Gasteiger partial charge on any atom is -0.361 e. The van der Waals surface area contributed by atoms with Gasteiger partial charge in [-0.15, -0.1) is 0 Å². The molecule has 2 unspecified atom stereocenters. The molecule has 0 radical (unpaired) electrons. The Morgan fingerprint density at radius 2 is 1.79 bits per heavy atom. The van der Waals surface area contributed by atoms with Gasteiger partial charge in [-0.3, -0.25) is 4.79 Å². The third kappa shape index (κ3) is 1.42. The number of hydrogen-bond donors (Lipinski definition) is 0. The molecule has 2 aromatic carbocycles. The molecule has 1 saturated carbocycles. The maximum Gasteiger partial charge on any atom is 0.160 e. The van der Waals surface area contributed by atoms with E-state index in [0.29, 0.717) is 0 Å². The van der Waals surface area contributed by atoms with Gasteiger partial charge in [0.2, 0.25) is 0 Å². The van der Waals surface area contributed by atoms with Gasteiger partial charge in [0.15, 0.2) is 5.78 Å². The highest BCUT2D eigenvalue weighted by Gasteiger charge is 2.80. The van der Waals surface area contributed by atoms with Crippen LogP contribution in [0.25, 0.3) is 10.8 Å². The molecule has 0 bridgehead atoms. The first-order chi connectivity index (χ1) is 13.8. The maximum absolute atomic E-state index is 13.3. The molecule has 5 aliphatic rings. The Morgan fingerprint density at radius 3 is 2.68 bits per heavy atom. The molecular formula is C26H20O2. The normalized spacial score (nSPS) is 41.1. The fourth-order valence-electron chi connectivity index (χ4n) is 7.16. The van der Waals surface area contributed by atoms with Crippen LogP contribution in [0.15, 0.2) is 85.0 Å². The SMILES string of the molecule is O=C1C=CC=CC2C1[C@@]13CC=CC=C[C@@]21O[C@@H]1c2cccc4cccc(c24)[C@@H]13. The molecule has 4 aliphatic carbocycles. The first kappa shape index (κ1) is 15.2. The molecule has 7 rings (SSSR count). The molecule has 1 aliphatic heterocycles. The minimum atomic E-state index is -0.412. The Kier molecular flexibility index (Phi) is 2.62. The average molecular weight is 364 g/mol. The fraction of sp³-hybridized carbons (Fsp3) is 0.269. The molecule has 28 heavy (non-hydrogen) atoms. The number of hydrogen-bond acceptors (Lipinski definition) is 2. The molecule has 136 valence electrons. The first-order valence-corrected chi connectivity index (χ1v) is 10.2. The summed E-state index contributed by atoms with van der Waals surface area (Å²) < 4.78 is 7.03. The monoisotopic (exact) mass is 364 g/mol. The molecule has 1 heterocycles. The van der Waals surface area contributed by atoms with E-state index in [1.165, 1.54) is 21.9 Å². The molecule has 2 nitrogen and oxygen atoms in total. The number of rotatable bonds is 0. The van der Waals surface area contributed by atoms with Gasteiger partial charge in [0.25, 0.3) is 0 Å². The van der Waals surface area contributed by atoms with E-state index in [-0.39, 0.29) is 35.1 Å². The van der Waals surface area contributed by atoms with Crippen molar-refractivity contribution in [3.63, 3.8) is 0 Å². The summed E-state index contributed by atoms with van der Waals surface area (Å²) in [5, 5.41) is 2.62. The molecule has 0 aromatic heterocycles. The summed E-state index contributed by atoms with van der Waals surface area (Å²) in [5.74, 6) is 0.533. The van der Waals surface area contributed by atoms with Gasteiger partial charge in [-0.05, 0) is 34.4 Å². The summed E-state index contributed by atoms with van der Waals surface area (Å²) >= 11 is 0. The third-order valence-electron chi connectivity index (χ3n) is 7.97. The van der Waals surface area contributed by atoms with Crippen LogP contribution in [0.5, 0.6) is 0 Å². The minimum absolute atomic E-state index is 0.0226. The van der Waals surface area contributed by atoms with Crippen LogP contribution < -0.4 is 0 Å². The Labute approximate surface area is 163 Å². The largest absolute Gasteiger partial charge is 0.361 e. The van der Waals surface area contributed by atoms with Crippen molar-refractivity contribution < 1.29 is 9.53 Å². The second-order valence-corrected chi connectivity index (χ2v) is 8.78. The summed E-state index contributed by atoms with van der Waals surface area (Å²) in [6, 6.07) is 13.2. The number of ether oxygens (including phenoxy) is 1. The van der Waals surface area contributed by atoms with E-state index < -0.39 is 5.60 Å². The Morgan fingerprint density at radius 1 is 0.929 bits per heavy atom. The number of carbonyl (C=O) groups is 1. The number of ketones is 1. The van der Waals surface area contributed by atoms with E-state index in [4.69, 9.17) is 4.74 Å². The predicted molar refractivity (Wildman–Crippen MR) is 109 cm³/mol. The summed E-state index contributed by atoms with van der Waals surface area (Å²) in [7, 11) is 0. The van der Waals surface area contributed by atoms with Crippen LogP contribution in [0.4, 0.5) is 0 Å². The van der Waals surface area contributed by atoms with E-state index in [1.54, 1.807) is 6.08 Å². The lowest BCUT2D eigenvalue weighted by Crippen LogP contribution is -2.70. The zero-order valence-corrected chi connectivity index (χ0v) is 15.4. The summed E-state index contributed by atoms with van der Waals surface area (Å²) in [6.07, 6.45) is 17.5. The topological polar surface area (TPSA) is 26.3 Å².